The van der Waals surface area contributed by atoms with Crippen molar-refractivity contribution in [3.05, 3.63) is 23.9 Å². The first-order chi connectivity index (χ1) is 8.88. The fourth-order valence-corrected chi connectivity index (χ4v) is 2.67. The molecule has 0 saturated carbocycles. The molecule has 1 saturated heterocycles. The molecule has 1 aromatic rings. The summed E-state index contributed by atoms with van der Waals surface area (Å²) >= 11 is 0. The average molecular weight is 261 g/mol. The predicted molar refractivity (Wildman–Crippen MR) is 81.5 cm³/mol. The molecule has 3 heteroatoms. The van der Waals surface area contributed by atoms with Crippen LogP contribution in [0.5, 0.6) is 0 Å². The Morgan fingerprint density at radius 3 is 2.32 bits per heavy atom. The van der Waals surface area contributed by atoms with Gasteiger partial charge in [0.15, 0.2) is 0 Å². The fourth-order valence-electron chi connectivity index (χ4n) is 2.67. The van der Waals surface area contributed by atoms with E-state index in [9.17, 15) is 0 Å². The van der Waals surface area contributed by atoms with Crippen LogP contribution in [0.25, 0.3) is 0 Å². The van der Waals surface area contributed by atoms with Gasteiger partial charge in [-0.05, 0) is 42.7 Å². The van der Waals surface area contributed by atoms with Crippen LogP contribution < -0.4 is 10.6 Å². The smallest absolute Gasteiger partial charge is 0.128 e. The molecule has 1 aliphatic heterocycles. The molecule has 19 heavy (non-hydrogen) atoms. The molecule has 0 bridgehead atoms. The van der Waals surface area contributed by atoms with E-state index in [1.54, 1.807) is 0 Å². The lowest BCUT2D eigenvalue weighted by Crippen LogP contribution is -2.40. The number of nitrogens with two attached hydrogens (primary N) is 1. The third kappa shape index (κ3) is 3.47. The molecule has 0 radical (unpaired) electrons. The second kappa shape index (κ2) is 5.49. The van der Waals surface area contributed by atoms with Crippen LogP contribution in [0.1, 0.15) is 46.1 Å². The molecule has 2 heterocycles. The Morgan fingerprint density at radius 2 is 1.89 bits per heavy atom. The van der Waals surface area contributed by atoms with Crippen LogP contribution in [0.2, 0.25) is 0 Å². The average Bonchev–Trinajstić information content (AvgIpc) is 2.38. The van der Waals surface area contributed by atoms with E-state index in [-0.39, 0.29) is 5.41 Å². The van der Waals surface area contributed by atoms with Crippen LogP contribution in [0.3, 0.4) is 0 Å². The van der Waals surface area contributed by atoms with E-state index in [4.69, 9.17) is 5.73 Å². The number of hydrogen-bond donors (Lipinski definition) is 1. The van der Waals surface area contributed by atoms with E-state index in [1.807, 2.05) is 6.20 Å². The highest BCUT2D eigenvalue weighted by molar-refractivity contribution is 5.40. The van der Waals surface area contributed by atoms with E-state index >= 15 is 0 Å². The lowest BCUT2D eigenvalue weighted by molar-refractivity contribution is 0.353. The second-order valence-electron chi connectivity index (χ2n) is 6.84. The third-order valence-corrected chi connectivity index (χ3v) is 4.22. The summed E-state index contributed by atoms with van der Waals surface area (Å²) in [5.74, 6) is 1.78. The first-order valence-corrected chi connectivity index (χ1v) is 7.35. The summed E-state index contributed by atoms with van der Waals surface area (Å²) in [4.78, 5) is 7.01. The maximum Gasteiger partial charge on any atom is 0.128 e. The number of aromatic nitrogens is 1. The van der Waals surface area contributed by atoms with Crippen LogP contribution in [0, 0.1) is 5.92 Å². The van der Waals surface area contributed by atoms with Crippen molar-refractivity contribution in [1.29, 1.82) is 0 Å². The normalized spacial score (nSPS) is 19.5. The van der Waals surface area contributed by atoms with E-state index < -0.39 is 0 Å². The Morgan fingerprint density at radius 1 is 1.26 bits per heavy atom. The lowest BCUT2D eigenvalue weighted by Gasteiger charge is -2.34. The van der Waals surface area contributed by atoms with Gasteiger partial charge in [0.1, 0.15) is 5.82 Å². The summed E-state index contributed by atoms with van der Waals surface area (Å²) in [6, 6.07) is 4.69. The van der Waals surface area contributed by atoms with Crippen molar-refractivity contribution < 1.29 is 0 Å². The topological polar surface area (TPSA) is 42.1 Å². The summed E-state index contributed by atoms with van der Waals surface area (Å²) < 4.78 is 0. The predicted octanol–water partition coefficient (Wildman–Crippen LogP) is 2.94. The van der Waals surface area contributed by atoms with Gasteiger partial charge in [0.25, 0.3) is 0 Å². The van der Waals surface area contributed by atoms with E-state index in [0.29, 0.717) is 12.0 Å². The van der Waals surface area contributed by atoms with Gasteiger partial charge in [-0.2, -0.15) is 0 Å². The van der Waals surface area contributed by atoms with Crippen LogP contribution in [0.15, 0.2) is 18.3 Å². The van der Waals surface area contributed by atoms with Gasteiger partial charge in [-0.3, -0.25) is 0 Å². The van der Waals surface area contributed by atoms with Crippen molar-refractivity contribution in [3.8, 4) is 0 Å². The van der Waals surface area contributed by atoms with Gasteiger partial charge in [-0.25, -0.2) is 4.98 Å². The standard InChI is InChI=1S/C16H27N3/c1-12(17)13-7-9-19(10-8-13)15-6-5-14(11-18-15)16(2,3)4/h5-6,11-13H,7-10,17H2,1-4H3. The summed E-state index contributed by atoms with van der Waals surface area (Å²) in [5.41, 5.74) is 7.45. The Bertz CT molecular complexity index is 395. The number of piperidine rings is 1. The van der Waals surface area contributed by atoms with Crippen molar-refractivity contribution in [2.45, 2.75) is 52.0 Å². The minimum absolute atomic E-state index is 0.174. The number of rotatable bonds is 2. The Hall–Kier alpha value is -1.09. The van der Waals surface area contributed by atoms with Crippen molar-refractivity contribution in [2.24, 2.45) is 11.7 Å². The van der Waals surface area contributed by atoms with Gasteiger partial charge in [-0.15, -0.1) is 0 Å². The van der Waals surface area contributed by atoms with Crippen LogP contribution >= 0.6 is 0 Å². The van der Waals surface area contributed by atoms with Crippen LogP contribution in [-0.2, 0) is 5.41 Å². The number of anilines is 1. The molecule has 2 N–H and O–H groups in total. The van der Waals surface area contributed by atoms with Gasteiger partial charge in [-0.1, -0.05) is 26.8 Å². The molecule has 1 fully saturated rings. The largest absolute Gasteiger partial charge is 0.357 e. The van der Waals surface area contributed by atoms with Crippen molar-refractivity contribution >= 4 is 5.82 Å². The van der Waals surface area contributed by atoms with Crippen molar-refractivity contribution in [3.63, 3.8) is 0 Å². The Balaban J connectivity index is 2.00. The zero-order valence-electron chi connectivity index (χ0n) is 12.7. The summed E-state index contributed by atoms with van der Waals surface area (Å²) in [5, 5.41) is 0. The SMILES string of the molecule is CC(N)C1CCN(c2ccc(C(C)(C)C)cn2)CC1. The van der Waals surface area contributed by atoms with Gasteiger partial charge in [0.05, 0.1) is 0 Å². The monoisotopic (exact) mass is 261 g/mol. The number of pyridine rings is 1. The molecule has 1 aliphatic rings. The molecule has 0 amide bonds. The van der Waals surface area contributed by atoms with Crippen molar-refractivity contribution in [2.75, 3.05) is 18.0 Å². The minimum Gasteiger partial charge on any atom is -0.357 e. The molecule has 0 spiro atoms. The third-order valence-electron chi connectivity index (χ3n) is 4.22. The summed E-state index contributed by atoms with van der Waals surface area (Å²) in [7, 11) is 0. The van der Waals surface area contributed by atoms with E-state index in [1.165, 1.54) is 18.4 Å². The highest BCUT2D eigenvalue weighted by Crippen LogP contribution is 2.26. The molecular formula is C16H27N3. The first-order valence-electron chi connectivity index (χ1n) is 7.35. The van der Waals surface area contributed by atoms with Crippen molar-refractivity contribution in [1.82, 2.24) is 4.98 Å². The van der Waals surface area contributed by atoms with Crippen LogP contribution in [0.4, 0.5) is 5.82 Å². The molecule has 3 nitrogen and oxygen atoms in total. The molecule has 106 valence electrons. The zero-order valence-corrected chi connectivity index (χ0v) is 12.7. The maximum atomic E-state index is 5.98. The quantitative estimate of drug-likeness (QED) is 0.890. The second-order valence-corrected chi connectivity index (χ2v) is 6.84. The molecule has 0 aromatic carbocycles. The Kier molecular flexibility index (Phi) is 4.14. The molecule has 1 unspecified atom stereocenters. The lowest BCUT2D eigenvalue weighted by atomic mass is 9.88. The van der Waals surface area contributed by atoms with Gasteiger partial charge in [0, 0.05) is 25.3 Å². The zero-order chi connectivity index (χ0) is 14.0. The molecule has 1 atom stereocenters. The highest BCUT2D eigenvalue weighted by Gasteiger charge is 2.23. The van der Waals surface area contributed by atoms with Gasteiger partial charge in [0.2, 0.25) is 0 Å². The van der Waals surface area contributed by atoms with Crippen LogP contribution in [-0.4, -0.2) is 24.1 Å². The fraction of sp³-hybridized carbons (Fsp3) is 0.688. The van der Waals surface area contributed by atoms with E-state index in [2.05, 4.69) is 49.7 Å². The highest BCUT2D eigenvalue weighted by atomic mass is 15.2. The maximum absolute atomic E-state index is 5.98. The first kappa shape index (κ1) is 14.3. The van der Waals surface area contributed by atoms with Gasteiger partial charge < -0.3 is 10.6 Å². The Labute approximate surface area is 117 Å². The van der Waals surface area contributed by atoms with E-state index in [0.717, 1.165) is 18.9 Å². The number of nitrogens with zero attached hydrogens (tertiary/aromatic N) is 2. The van der Waals surface area contributed by atoms with Gasteiger partial charge >= 0.3 is 0 Å². The molecule has 2 rings (SSSR count). The molecular weight excluding hydrogens is 234 g/mol. The molecule has 0 aliphatic carbocycles. The summed E-state index contributed by atoms with van der Waals surface area (Å²) in [6.45, 7) is 10.9. The number of hydrogen-bond acceptors (Lipinski definition) is 3. The molecule has 1 aromatic heterocycles. The summed E-state index contributed by atoms with van der Waals surface area (Å²) in [6.07, 6.45) is 4.38. The minimum atomic E-state index is 0.174.